The van der Waals surface area contributed by atoms with E-state index in [1.54, 1.807) is 23.7 Å². The molecule has 1 aromatic heterocycles. The minimum absolute atomic E-state index is 0.0309. The van der Waals surface area contributed by atoms with Crippen LogP contribution in [0.15, 0.2) is 82.8 Å². The maximum absolute atomic E-state index is 12.8. The standard InChI is InChI=1S/C24H21N5O3S2/c1-2-32-23(31)19-13-17(16-9-5-3-6-10-16)14-20(33)22(19)25-21(30)15-34-24-26-27-28-29(24)18-11-7-4-8-12-18/h3-14,33H,2,15H2,1H3,(H,25,30). The highest BCUT2D eigenvalue weighted by molar-refractivity contribution is 7.99. The van der Waals surface area contributed by atoms with Crippen molar-refractivity contribution in [1.82, 2.24) is 20.2 Å². The number of nitrogens with zero attached hydrogens (tertiary/aromatic N) is 4. The fourth-order valence-electron chi connectivity index (χ4n) is 3.23. The summed E-state index contributed by atoms with van der Waals surface area (Å²) in [5.41, 5.74) is 3.04. The molecule has 1 N–H and O–H groups in total. The molecule has 172 valence electrons. The van der Waals surface area contributed by atoms with Crippen molar-refractivity contribution in [3.8, 4) is 16.8 Å². The topological polar surface area (TPSA) is 99.0 Å². The Bertz CT molecular complexity index is 1300. The Morgan fingerprint density at radius 2 is 1.74 bits per heavy atom. The van der Waals surface area contributed by atoms with Crippen molar-refractivity contribution in [3.05, 3.63) is 78.4 Å². The van der Waals surface area contributed by atoms with Crippen molar-refractivity contribution >= 4 is 42.0 Å². The molecular weight excluding hydrogens is 470 g/mol. The lowest BCUT2D eigenvalue weighted by atomic mass is 10.0. The van der Waals surface area contributed by atoms with Crippen LogP contribution in [0.3, 0.4) is 0 Å². The van der Waals surface area contributed by atoms with Gasteiger partial charge in [-0.25, -0.2) is 4.79 Å². The van der Waals surface area contributed by atoms with Crippen molar-refractivity contribution in [3.63, 3.8) is 0 Å². The lowest BCUT2D eigenvalue weighted by Crippen LogP contribution is -2.18. The van der Waals surface area contributed by atoms with Gasteiger partial charge in [0.05, 0.1) is 29.3 Å². The summed E-state index contributed by atoms with van der Waals surface area (Å²) in [6, 6.07) is 22.5. The molecule has 0 aliphatic carbocycles. The molecule has 0 atom stereocenters. The average molecular weight is 492 g/mol. The third-order valence-electron chi connectivity index (χ3n) is 4.76. The van der Waals surface area contributed by atoms with Crippen molar-refractivity contribution in [1.29, 1.82) is 0 Å². The van der Waals surface area contributed by atoms with Crippen LogP contribution in [0.5, 0.6) is 0 Å². The number of hydrogen-bond donors (Lipinski definition) is 2. The molecule has 0 saturated heterocycles. The van der Waals surface area contributed by atoms with Crippen LogP contribution in [0.1, 0.15) is 17.3 Å². The number of anilines is 1. The first-order chi connectivity index (χ1) is 16.6. The number of esters is 1. The molecule has 4 aromatic rings. The number of carbonyl (C=O) groups is 2. The van der Waals surface area contributed by atoms with Crippen LogP contribution in [-0.4, -0.2) is 44.4 Å². The molecule has 0 saturated carbocycles. The van der Waals surface area contributed by atoms with E-state index in [0.717, 1.165) is 16.8 Å². The summed E-state index contributed by atoms with van der Waals surface area (Å²) in [6.07, 6.45) is 0. The third kappa shape index (κ3) is 5.46. The number of aromatic nitrogens is 4. The SMILES string of the molecule is CCOC(=O)c1cc(-c2ccccc2)cc(S)c1NC(=O)CSc1nnnn1-c1ccccc1. The molecule has 0 unspecified atom stereocenters. The second-order valence-corrected chi connectivity index (χ2v) is 8.47. The van der Waals surface area contributed by atoms with Crippen LogP contribution < -0.4 is 5.32 Å². The molecule has 0 aliphatic rings. The predicted molar refractivity (Wildman–Crippen MR) is 134 cm³/mol. The Hall–Kier alpha value is -3.63. The van der Waals surface area contributed by atoms with Gasteiger partial charge in [-0.1, -0.05) is 60.3 Å². The average Bonchev–Trinajstić information content (AvgIpc) is 3.34. The molecule has 0 spiro atoms. The van der Waals surface area contributed by atoms with Crippen molar-refractivity contribution in [2.75, 3.05) is 17.7 Å². The second-order valence-electron chi connectivity index (χ2n) is 7.05. The van der Waals surface area contributed by atoms with Crippen LogP contribution in [0, 0.1) is 0 Å². The number of para-hydroxylation sites is 1. The zero-order valence-corrected chi connectivity index (χ0v) is 19.9. The fourth-order valence-corrected chi connectivity index (χ4v) is 4.24. The van der Waals surface area contributed by atoms with E-state index < -0.39 is 5.97 Å². The monoisotopic (exact) mass is 491 g/mol. The highest BCUT2D eigenvalue weighted by atomic mass is 32.2. The van der Waals surface area contributed by atoms with Gasteiger partial charge in [0.2, 0.25) is 11.1 Å². The summed E-state index contributed by atoms with van der Waals surface area (Å²) in [5.74, 6) is -0.837. The van der Waals surface area contributed by atoms with Gasteiger partial charge in [-0.3, -0.25) is 4.79 Å². The Morgan fingerprint density at radius 1 is 1.03 bits per heavy atom. The molecular formula is C24H21N5O3S2. The van der Waals surface area contributed by atoms with E-state index in [1.165, 1.54) is 11.8 Å². The minimum atomic E-state index is -0.536. The molecule has 4 rings (SSSR count). The summed E-state index contributed by atoms with van der Waals surface area (Å²) in [7, 11) is 0. The Labute approximate surface area is 206 Å². The van der Waals surface area contributed by atoms with E-state index in [4.69, 9.17) is 4.74 Å². The van der Waals surface area contributed by atoms with E-state index in [1.807, 2.05) is 60.7 Å². The molecule has 0 bridgehead atoms. The Kier molecular flexibility index (Phi) is 7.61. The first kappa shape index (κ1) is 23.5. The number of carbonyl (C=O) groups excluding carboxylic acids is 2. The third-order valence-corrected chi connectivity index (χ3v) is 6.03. The van der Waals surface area contributed by atoms with Gasteiger partial charge in [0, 0.05) is 4.90 Å². The van der Waals surface area contributed by atoms with E-state index in [-0.39, 0.29) is 23.8 Å². The highest BCUT2D eigenvalue weighted by Gasteiger charge is 2.20. The van der Waals surface area contributed by atoms with Crippen LogP contribution >= 0.6 is 24.4 Å². The highest BCUT2D eigenvalue weighted by Crippen LogP contribution is 2.32. The molecule has 34 heavy (non-hydrogen) atoms. The van der Waals surface area contributed by atoms with Gasteiger partial charge in [0.1, 0.15) is 0 Å². The summed E-state index contributed by atoms with van der Waals surface area (Å²) >= 11 is 5.73. The first-order valence-electron chi connectivity index (χ1n) is 10.4. The minimum Gasteiger partial charge on any atom is -0.462 e. The van der Waals surface area contributed by atoms with E-state index >= 15 is 0 Å². The number of ether oxygens (including phenoxy) is 1. The van der Waals surface area contributed by atoms with Gasteiger partial charge in [-0.05, 0) is 52.7 Å². The molecule has 0 fully saturated rings. The quantitative estimate of drug-likeness (QED) is 0.212. The van der Waals surface area contributed by atoms with Gasteiger partial charge in [-0.15, -0.1) is 17.7 Å². The largest absolute Gasteiger partial charge is 0.462 e. The number of rotatable bonds is 8. The maximum atomic E-state index is 12.8. The Balaban J connectivity index is 1.54. The van der Waals surface area contributed by atoms with Gasteiger partial charge in [0.25, 0.3) is 0 Å². The molecule has 0 aliphatic heterocycles. The lowest BCUT2D eigenvalue weighted by molar-refractivity contribution is -0.113. The smallest absolute Gasteiger partial charge is 0.340 e. The number of thiol groups is 1. The summed E-state index contributed by atoms with van der Waals surface area (Å²) in [5, 5.41) is 15.0. The van der Waals surface area contributed by atoms with Crippen LogP contribution in [-0.2, 0) is 9.53 Å². The van der Waals surface area contributed by atoms with Gasteiger partial charge in [-0.2, -0.15) is 4.68 Å². The van der Waals surface area contributed by atoms with Gasteiger partial charge >= 0.3 is 5.97 Å². The molecule has 10 heteroatoms. The molecule has 1 heterocycles. The van der Waals surface area contributed by atoms with Crippen molar-refractivity contribution < 1.29 is 14.3 Å². The molecule has 1 amide bonds. The number of amides is 1. The lowest BCUT2D eigenvalue weighted by Gasteiger charge is -2.15. The van der Waals surface area contributed by atoms with E-state index in [9.17, 15) is 9.59 Å². The molecule has 8 nitrogen and oxygen atoms in total. The Morgan fingerprint density at radius 3 is 2.44 bits per heavy atom. The number of nitrogens with one attached hydrogen (secondary N) is 1. The maximum Gasteiger partial charge on any atom is 0.340 e. The number of thioether (sulfide) groups is 1. The number of hydrogen-bond acceptors (Lipinski definition) is 8. The van der Waals surface area contributed by atoms with E-state index in [0.29, 0.717) is 15.7 Å². The van der Waals surface area contributed by atoms with Crippen LogP contribution in [0.4, 0.5) is 5.69 Å². The first-order valence-corrected chi connectivity index (χ1v) is 11.9. The predicted octanol–water partition coefficient (Wildman–Crippen LogP) is 4.53. The van der Waals surface area contributed by atoms with Crippen molar-refractivity contribution in [2.24, 2.45) is 0 Å². The van der Waals surface area contributed by atoms with Crippen LogP contribution in [0.25, 0.3) is 16.8 Å². The zero-order valence-electron chi connectivity index (χ0n) is 18.2. The summed E-state index contributed by atoms with van der Waals surface area (Å²) < 4.78 is 6.78. The summed E-state index contributed by atoms with van der Waals surface area (Å²) in [6.45, 7) is 1.94. The summed E-state index contributed by atoms with van der Waals surface area (Å²) in [4.78, 5) is 25.9. The zero-order chi connectivity index (χ0) is 23.9. The van der Waals surface area contributed by atoms with Crippen LogP contribution in [0.2, 0.25) is 0 Å². The van der Waals surface area contributed by atoms with E-state index in [2.05, 4.69) is 33.5 Å². The molecule has 3 aromatic carbocycles. The molecule has 0 radical (unpaired) electrons. The fraction of sp³-hybridized carbons (Fsp3) is 0.125. The van der Waals surface area contributed by atoms with Crippen molar-refractivity contribution in [2.45, 2.75) is 17.0 Å². The van der Waals surface area contributed by atoms with Gasteiger partial charge < -0.3 is 10.1 Å². The second kappa shape index (κ2) is 11.0. The number of benzene rings is 3. The van der Waals surface area contributed by atoms with Gasteiger partial charge in [0.15, 0.2) is 0 Å². The normalized spacial score (nSPS) is 10.6. The number of tetrazole rings is 1.